The van der Waals surface area contributed by atoms with Gasteiger partial charge in [0.05, 0.1) is 0 Å². The number of fused-ring (bicyclic) bond motifs is 1. The van der Waals surface area contributed by atoms with Gasteiger partial charge in [-0.2, -0.15) is 0 Å². The summed E-state index contributed by atoms with van der Waals surface area (Å²) in [6.07, 6.45) is 4.12. The number of aryl methyl sites for hydroxylation is 1. The summed E-state index contributed by atoms with van der Waals surface area (Å²) in [7, 11) is 0. The van der Waals surface area contributed by atoms with Gasteiger partial charge in [0, 0.05) is 50.4 Å². The van der Waals surface area contributed by atoms with Crippen LogP contribution in [-0.4, -0.2) is 53.8 Å². The number of hydrogen-bond donors (Lipinski definition) is 1. The molecule has 1 N–H and O–H groups in total. The number of nitrogens with zero attached hydrogens (tertiary/aromatic N) is 2. The molecule has 186 valence electrons. The largest absolute Gasteiger partial charge is 0.348 e. The molecule has 0 aliphatic carbocycles. The molecule has 3 aromatic rings. The summed E-state index contributed by atoms with van der Waals surface area (Å²) in [5.74, 6) is -0.195. The van der Waals surface area contributed by atoms with Gasteiger partial charge >= 0.3 is 0 Å². The number of carbonyl (C=O) groups excluding carboxylic acids is 2. The Hall–Kier alpha value is -3.51. The van der Waals surface area contributed by atoms with E-state index in [9.17, 15) is 14.0 Å². The molecule has 2 heterocycles. The summed E-state index contributed by atoms with van der Waals surface area (Å²) in [4.78, 5) is 29.6. The minimum absolute atomic E-state index is 0.0388. The van der Waals surface area contributed by atoms with Crippen LogP contribution in [0, 0.1) is 12.7 Å². The minimum Gasteiger partial charge on any atom is -0.348 e. The molecular weight excluding hydrogens is 453 g/mol. The molecule has 2 saturated heterocycles. The third-order valence-electron chi connectivity index (χ3n) is 7.18. The van der Waals surface area contributed by atoms with Gasteiger partial charge in [0.25, 0.3) is 5.91 Å². The topological polar surface area (TPSA) is 52.7 Å². The van der Waals surface area contributed by atoms with E-state index in [1.807, 2.05) is 54.3 Å². The fourth-order valence-corrected chi connectivity index (χ4v) is 5.25. The zero-order chi connectivity index (χ0) is 25.1. The van der Waals surface area contributed by atoms with Crippen molar-refractivity contribution in [2.24, 2.45) is 0 Å². The Morgan fingerprint density at radius 3 is 2.58 bits per heavy atom. The van der Waals surface area contributed by atoms with E-state index >= 15 is 0 Å². The normalized spacial score (nSPS) is 18.4. The second-order valence-electron chi connectivity index (χ2n) is 10.0. The van der Waals surface area contributed by atoms with E-state index < -0.39 is 0 Å². The monoisotopic (exact) mass is 485 g/mol. The van der Waals surface area contributed by atoms with Crippen LogP contribution in [0.2, 0.25) is 0 Å². The SMILES string of the molecule is Cc1cccc(C(=O)N2CCC(=CC(=O)NC3CCN(Cc4ccc5cc(F)ccc5c4)C3)CC2)c1. The van der Waals surface area contributed by atoms with Crippen LogP contribution in [0.15, 0.2) is 72.3 Å². The van der Waals surface area contributed by atoms with Crippen LogP contribution in [0.4, 0.5) is 4.39 Å². The van der Waals surface area contributed by atoms with Gasteiger partial charge in [-0.15, -0.1) is 0 Å². The Morgan fingerprint density at radius 1 is 1.00 bits per heavy atom. The first-order valence-electron chi connectivity index (χ1n) is 12.7. The molecule has 2 aliphatic rings. The number of hydrogen-bond acceptors (Lipinski definition) is 3. The molecule has 0 radical (unpaired) electrons. The highest BCUT2D eigenvalue weighted by Gasteiger charge is 2.25. The van der Waals surface area contributed by atoms with Crippen LogP contribution in [0.25, 0.3) is 10.8 Å². The van der Waals surface area contributed by atoms with Gasteiger partial charge in [-0.25, -0.2) is 4.39 Å². The summed E-state index contributed by atoms with van der Waals surface area (Å²) in [5, 5.41) is 5.11. The summed E-state index contributed by atoms with van der Waals surface area (Å²) in [6.45, 7) is 5.82. The summed E-state index contributed by atoms with van der Waals surface area (Å²) >= 11 is 0. The number of rotatable bonds is 5. The van der Waals surface area contributed by atoms with Crippen molar-refractivity contribution >= 4 is 22.6 Å². The van der Waals surface area contributed by atoms with Crippen molar-refractivity contribution in [3.63, 3.8) is 0 Å². The van der Waals surface area contributed by atoms with Crippen molar-refractivity contribution in [1.29, 1.82) is 0 Å². The molecule has 36 heavy (non-hydrogen) atoms. The first-order valence-corrected chi connectivity index (χ1v) is 12.7. The van der Waals surface area contributed by atoms with Crippen LogP contribution in [0.3, 0.4) is 0 Å². The average molecular weight is 486 g/mol. The number of benzene rings is 3. The third kappa shape index (κ3) is 5.82. The Balaban J connectivity index is 1.09. The fourth-order valence-electron chi connectivity index (χ4n) is 5.25. The molecule has 1 atom stereocenters. The van der Waals surface area contributed by atoms with E-state index in [0.717, 1.165) is 66.4 Å². The molecule has 0 spiro atoms. The lowest BCUT2D eigenvalue weighted by molar-refractivity contribution is -0.117. The van der Waals surface area contributed by atoms with E-state index in [4.69, 9.17) is 0 Å². The molecule has 1 unspecified atom stereocenters. The maximum Gasteiger partial charge on any atom is 0.253 e. The first kappa shape index (κ1) is 24.2. The maximum absolute atomic E-state index is 13.4. The molecule has 0 bridgehead atoms. The predicted octanol–water partition coefficient (Wildman–Crippen LogP) is 4.84. The molecule has 0 aromatic heterocycles. The van der Waals surface area contributed by atoms with Crippen LogP contribution in [0.1, 0.15) is 40.7 Å². The van der Waals surface area contributed by atoms with Crippen molar-refractivity contribution in [3.8, 4) is 0 Å². The number of likely N-dealkylation sites (tertiary alicyclic amines) is 2. The summed E-state index contributed by atoms with van der Waals surface area (Å²) < 4.78 is 13.4. The fraction of sp³-hybridized carbons (Fsp3) is 0.333. The third-order valence-corrected chi connectivity index (χ3v) is 7.18. The molecule has 3 aromatic carbocycles. The van der Waals surface area contributed by atoms with Gasteiger partial charge in [-0.3, -0.25) is 14.5 Å². The quantitative estimate of drug-likeness (QED) is 0.526. The number of nitrogens with one attached hydrogen (secondary N) is 1. The van der Waals surface area contributed by atoms with E-state index in [2.05, 4.69) is 16.3 Å². The molecule has 2 fully saturated rings. The molecule has 2 amide bonds. The van der Waals surface area contributed by atoms with Gasteiger partial charge < -0.3 is 10.2 Å². The van der Waals surface area contributed by atoms with Gasteiger partial charge in [0.15, 0.2) is 0 Å². The van der Waals surface area contributed by atoms with Crippen molar-refractivity contribution < 1.29 is 14.0 Å². The van der Waals surface area contributed by atoms with Crippen LogP contribution >= 0.6 is 0 Å². The van der Waals surface area contributed by atoms with Crippen LogP contribution in [0.5, 0.6) is 0 Å². The Labute approximate surface area is 211 Å². The Bertz CT molecular complexity index is 1310. The standard InChI is InChI=1S/C30H32FN3O2/c1-21-3-2-4-26(15-21)30(36)34-13-9-22(10-14-34)17-29(35)32-28-11-12-33(20-28)19-23-5-6-25-18-27(31)8-7-24(25)16-23/h2-8,15-18,28H,9-14,19-20H2,1H3,(H,32,35). The number of piperidine rings is 1. The Kier molecular flexibility index (Phi) is 7.14. The van der Waals surface area contributed by atoms with Gasteiger partial charge in [0.1, 0.15) is 5.82 Å². The van der Waals surface area contributed by atoms with Gasteiger partial charge in [0.2, 0.25) is 5.91 Å². The predicted molar refractivity (Wildman–Crippen MR) is 140 cm³/mol. The molecule has 6 heteroatoms. The minimum atomic E-state index is -0.218. The van der Waals surface area contributed by atoms with E-state index in [1.165, 1.54) is 11.6 Å². The lowest BCUT2D eigenvalue weighted by Gasteiger charge is -2.28. The van der Waals surface area contributed by atoms with E-state index in [-0.39, 0.29) is 23.7 Å². The zero-order valence-corrected chi connectivity index (χ0v) is 20.7. The highest BCUT2D eigenvalue weighted by Crippen LogP contribution is 2.21. The van der Waals surface area contributed by atoms with Gasteiger partial charge in [-0.1, -0.05) is 41.5 Å². The summed E-state index contributed by atoms with van der Waals surface area (Å²) in [6, 6.07) is 18.8. The van der Waals surface area contributed by atoms with Crippen molar-refractivity contribution in [2.75, 3.05) is 26.2 Å². The molecule has 5 nitrogen and oxygen atoms in total. The Morgan fingerprint density at radius 2 is 1.78 bits per heavy atom. The number of carbonyl (C=O) groups is 2. The van der Waals surface area contributed by atoms with Gasteiger partial charge in [-0.05, 0) is 72.9 Å². The van der Waals surface area contributed by atoms with Crippen molar-refractivity contribution in [3.05, 3.63) is 94.8 Å². The molecular formula is C30H32FN3O2. The number of halogens is 1. The molecule has 0 saturated carbocycles. The van der Waals surface area contributed by atoms with Crippen LogP contribution in [-0.2, 0) is 11.3 Å². The average Bonchev–Trinajstić information content (AvgIpc) is 3.30. The highest BCUT2D eigenvalue weighted by molar-refractivity contribution is 5.94. The second-order valence-corrected chi connectivity index (χ2v) is 10.0. The summed E-state index contributed by atoms with van der Waals surface area (Å²) in [5.41, 5.74) is 4.09. The molecule has 5 rings (SSSR count). The lowest BCUT2D eigenvalue weighted by atomic mass is 10.0. The van der Waals surface area contributed by atoms with Crippen LogP contribution < -0.4 is 5.32 Å². The highest BCUT2D eigenvalue weighted by atomic mass is 19.1. The number of amides is 2. The van der Waals surface area contributed by atoms with Crippen molar-refractivity contribution in [1.82, 2.24) is 15.1 Å². The van der Waals surface area contributed by atoms with E-state index in [1.54, 1.807) is 12.1 Å². The zero-order valence-electron chi connectivity index (χ0n) is 20.7. The maximum atomic E-state index is 13.4. The molecule has 2 aliphatic heterocycles. The van der Waals surface area contributed by atoms with Crippen molar-refractivity contribution in [2.45, 2.75) is 38.8 Å². The lowest BCUT2D eigenvalue weighted by Crippen LogP contribution is -2.38. The van der Waals surface area contributed by atoms with E-state index in [0.29, 0.717) is 13.1 Å². The second kappa shape index (κ2) is 10.6. The first-order chi connectivity index (χ1) is 17.4. The smallest absolute Gasteiger partial charge is 0.253 e.